The predicted octanol–water partition coefficient (Wildman–Crippen LogP) is 4.24. The maximum Gasteiger partial charge on any atom is 0.133 e. The lowest BCUT2D eigenvalue weighted by atomic mass is 10.2. The molecule has 0 unspecified atom stereocenters. The molecule has 1 heterocycles. The van der Waals surface area contributed by atoms with E-state index >= 15 is 0 Å². The summed E-state index contributed by atoms with van der Waals surface area (Å²) in [6.45, 7) is 3.04. The van der Waals surface area contributed by atoms with E-state index in [9.17, 15) is 0 Å². The molecule has 0 radical (unpaired) electrons. The van der Waals surface area contributed by atoms with Gasteiger partial charge in [0.25, 0.3) is 0 Å². The Hall–Kier alpha value is -2.55. The minimum Gasteiger partial charge on any atom is -0.497 e. The normalized spacial score (nSPS) is 11.3. The van der Waals surface area contributed by atoms with Gasteiger partial charge in [0.15, 0.2) is 0 Å². The average Bonchev–Trinajstić information content (AvgIpc) is 2.91. The first kappa shape index (κ1) is 13.4. The number of hydrogen-bond donors (Lipinski definition) is 0. The second-order valence-corrected chi connectivity index (χ2v) is 4.81. The van der Waals surface area contributed by atoms with Crippen molar-refractivity contribution in [3.05, 3.63) is 59.9 Å². The minimum atomic E-state index is 0.868. The van der Waals surface area contributed by atoms with Crippen molar-refractivity contribution in [3.63, 3.8) is 0 Å². The van der Waals surface area contributed by atoms with Gasteiger partial charge >= 0.3 is 0 Å². The lowest BCUT2D eigenvalue weighted by Gasteiger charge is -2.02. The number of rotatable bonds is 4. The molecule has 0 saturated carbocycles. The summed E-state index contributed by atoms with van der Waals surface area (Å²) >= 11 is 0. The van der Waals surface area contributed by atoms with E-state index in [-0.39, 0.29) is 0 Å². The topological polar surface area (TPSA) is 27.1 Å². The van der Waals surface area contributed by atoms with Crippen molar-refractivity contribution in [2.45, 2.75) is 13.5 Å². The van der Waals surface area contributed by atoms with Crippen molar-refractivity contribution >= 4 is 23.2 Å². The summed E-state index contributed by atoms with van der Waals surface area (Å²) in [4.78, 5) is 4.68. The molecule has 0 bridgehead atoms. The first-order valence-corrected chi connectivity index (χ1v) is 7.09. The molecule has 3 aromatic rings. The third-order valence-corrected chi connectivity index (χ3v) is 3.54. The van der Waals surface area contributed by atoms with Gasteiger partial charge in [0, 0.05) is 6.54 Å². The van der Waals surface area contributed by atoms with Crippen LogP contribution < -0.4 is 4.74 Å². The molecule has 1 aromatic heterocycles. The molecule has 106 valence electrons. The van der Waals surface area contributed by atoms with Crippen LogP contribution in [0.25, 0.3) is 23.2 Å². The predicted molar refractivity (Wildman–Crippen MR) is 87.3 cm³/mol. The van der Waals surface area contributed by atoms with E-state index in [4.69, 9.17) is 4.74 Å². The minimum absolute atomic E-state index is 0.868. The van der Waals surface area contributed by atoms with Crippen molar-refractivity contribution < 1.29 is 4.74 Å². The fraction of sp³-hybridized carbons (Fsp3) is 0.167. The Bertz CT molecular complexity index is 770. The summed E-state index contributed by atoms with van der Waals surface area (Å²) in [5.41, 5.74) is 3.34. The molecule has 21 heavy (non-hydrogen) atoms. The van der Waals surface area contributed by atoms with Gasteiger partial charge in [-0.15, -0.1) is 0 Å². The van der Waals surface area contributed by atoms with Gasteiger partial charge in [-0.3, -0.25) is 0 Å². The molecule has 0 fully saturated rings. The van der Waals surface area contributed by atoms with Gasteiger partial charge < -0.3 is 9.30 Å². The molecule has 2 aromatic carbocycles. The second kappa shape index (κ2) is 5.83. The largest absolute Gasteiger partial charge is 0.497 e. The molecule has 0 aliphatic carbocycles. The van der Waals surface area contributed by atoms with E-state index in [0.29, 0.717) is 0 Å². The maximum atomic E-state index is 5.17. The zero-order chi connectivity index (χ0) is 14.7. The Balaban J connectivity index is 1.94. The van der Waals surface area contributed by atoms with Crippen molar-refractivity contribution in [1.82, 2.24) is 9.55 Å². The number of fused-ring (bicyclic) bond motifs is 1. The van der Waals surface area contributed by atoms with E-state index in [1.165, 1.54) is 5.52 Å². The monoisotopic (exact) mass is 278 g/mol. The fourth-order valence-electron chi connectivity index (χ4n) is 2.44. The van der Waals surface area contributed by atoms with Crippen LogP contribution >= 0.6 is 0 Å². The number of aryl methyl sites for hydroxylation is 1. The van der Waals surface area contributed by atoms with Crippen molar-refractivity contribution in [2.24, 2.45) is 0 Å². The fourth-order valence-corrected chi connectivity index (χ4v) is 2.44. The third kappa shape index (κ3) is 2.68. The molecular formula is C18H18N2O. The highest BCUT2D eigenvalue weighted by Gasteiger charge is 2.05. The number of hydrogen-bond acceptors (Lipinski definition) is 2. The number of ether oxygens (including phenoxy) is 1. The van der Waals surface area contributed by atoms with E-state index in [1.807, 2.05) is 42.5 Å². The highest BCUT2D eigenvalue weighted by Crippen LogP contribution is 2.18. The number of imidazole rings is 1. The number of aromatic nitrogens is 2. The lowest BCUT2D eigenvalue weighted by molar-refractivity contribution is 0.415. The molecule has 0 N–H and O–H groups in total. The second-order valence-electron chi connectivity index (χ2n) is 4.81. The molecule has 0 atom stereocenters. The van der Waals surface area contributed by atoms with Crippen LogP contribution in [0.4, 0.5) is 0 Å². The molecule has 0 aliphatic heterocycles. The first-order chi connectivity index (χ1) is 10.3. The van der Waals surface area contributed by atoms with E-state index in [1.54, 1.807) is 7.11 Å². The SMILES string of the molecule is CCn1c(/C=C/c2ccc(OC)cc2)nc2ccccc21. The molecule has 0 amide bonds. The van der Waals surface area contributed by atoms with Gasteiger partial charge in [-0.25, -0.2) is 4.98 Å². The Morgan fingerprint density at radius 3 is 2.52 bits per heavy atom. The summed E-state index contributed by atoms with van der Waals surface area (Å²) in [7, 11) is 1.68. The zero-order valence-corrected chi connectivity index (χ0v) is 12.3. The molecule has 3 rings (SSSR count). The van der Waals surface area contributed by atoms with Crippen LogP contribution in [-0.2, 0) is 6.54 Å². The molecule has 0 spiro atoms. The van der Waals surface area contributed by atoms with Crippen LogP contribution in [0, 0.1) is 0 Å². The third-order valence-electron chi connectivity index (χ3n) is 3.54. The standard InChI is InChI=1S/C18H18N2O/c1-3-20-17-7-5-4-6-16(17)19-18(20)13-10-14-8-11-15(21-2)12-9-14/h4-13H,3H2,1-2H3/b13-10+. The van der Waals surface area contributed by atoms with Gasteiger partial charge in [-0.05, 0) is 42.8 Å². The number of nitrogens with zero attached hydrogens (tertiary/aromatic N) is 2. The van der Waals surface area contributed by atoms with E-state index in [2.05, 4.69) is 34.7 Å². The number of benzene rings is 2. The maximum absolute atomic E-state index is 5.17. The lowest BCUT2D eigenvalue weighted by Crippen LogP contribution is -1.96. The summed E-state index contributed by atoms with van der Waals surface area (Å²) in [5.74, 6) is 1.85. The van der Waals surface area contributed by atoms with Gasteiger partial charge in [0.1, 0.15) is 11.6 Å². The molecule has 3 heteroatoms. The highest BCUT2D eigenvalue weighted by molar-refractivity contribution is 5.79. The van der Waals surface area contributed by atoms with Crippen LogP contribution in [-0.4, -0.2) is 16.7 Å². The van der Waals surface area contributed by atoms with E-state index in [0.717, 1.165) is 29.2 Å². The van der Waals surface area contributed by atoms with Gasteiger partial charge in [-0.1, -0.05) is 30.3 Å². The number of methoxy groups -OCH3 is 1. The smallest absolute Gasteiger partial charge is 0.133 e. The van der Waals surface area contributed by atoms with Crippen LogP contribution in [0.2, 0.25) is 0 Å². The number of para-hydroxylation sites is 2. The van der Waals surface area contributed by atoms with Crippen LogP contribution in [0.1, 0.15) is 18.3 Å². The highest BCUT2D eigenvalue weighted by atomic mass is 16.5. The average molecular weight is 278 g/mol. The quantitative estimate of drug-likeness (QED) is 0.714. The van der Waals surface area contributed by atoms with Gasteiger partial charge in [0.2, 0.25) is 0 Å². The van der Waals surface area contributed by atoms with Crippen LogP contribution in [0.3, 0.4) is 0 Å². The Labute approximate surface area is 124 Å². The Morgan fingerprint density at radius 1 is 1.05 bits per heavy atom. The summed E-state index contributed by atoms with van der Waals surface area (Å²) in [6.07, 6.45) is 4.14. The van der Waals surface area contributed by atoms with Gasteiger partial charge in [0.05, 0.1) is 18.1 Å². The van der Waals surface area contributed by atoms with E-state index < -0.39 is 0 Å². The molecule has 3 nitrogen and oxygen atoms in total. The summed E-state index contributed by atoms with van der Waals surface area (Å²) in [5, 5.41) is 0. The Morgan fingerprint density at radius 2 is 1.81 bits per heavy atom. The first-order valence-electron chi connectivity index (χ1n) is 7.09. The van der Waals surface area contributed by atoms with Crippen LogP contribution in [0.5, 0.6) is 5.75 Å². The van der Waals surface area contributed by atoms with Gasteiger partial charge in [-0.2, -0.15) is 0 Å². The zero-order valence-electron chi connectivity index (χ0n) is 12.3. The van der Waals surface area contributed by atoms with Crippen LogP contribution in [0.15, 0.2) is 48.5 Å². The molecule has 0 saturated heterocycles. The Kier molecular flexibility index (Phi) is 3.73. The van der Waals surface area contributed by atoms with Crippen molar-refractivity contribution in [3.8, 4) is 5.75 Å². The van der Waals surface area contributed by atoms with Crippen molar-refractivity contribution in [1.29, 1.82) is 0 Å². The van der Waals surface area contributed by atoms with Crippen molar-refractivity contribution in [2.75, 3.05) is 7.11 Å². The molecule has 0 aliphatic rings. The summed E-state index contributed by atoms with van der Waals surface area (Å²) < 4.78 is 7.39. The summed E-state index contributed by atoms with van der Waals surface area (Å²) in [6, 6.07) is 16.2. The molecular weight excluding hydrogens is 260 g/mol.